The number of rotatable bonds is 3. The molecule has 0 aliphatic carbocycles. The van der Waals surface area contributed by atoms with Gasteiger partial charge in [0.05, 0.1) is 23.0 Å². The molecule has 0 radical (unpaired) electrons. The van der Waals surface area contributed by atoms with E-state index in [1.807, 2.05) is 6.07 Å². The maximum absolute atomic E-state index is 11.8. The quantitative estimate of drug-likeness (QED) is 0.514. The van der Waals surface area contributed by atoms with Gasteiger partial charge in [-0.25, -0.2) is 4.79 Å². The van der Waals surface area contributed by atoms with Crippen LogP contribution >= 0.6 is 12.2 Å². The predicted molar refractivity (Wildman–Crippen MR) is 68.9 cm³/mol. The van der Waals surface area contributed by atoms with Crippen LogP contribution in [0.3, 0.4) is 0 Å². The first-order valence-electron chi connectivity index (χ1n) is 5.12. The van der Waals surface area contributed by atoms with Crippen LogP contribution in [0.2, 0.25) is 0 Å². The summed E-state index contributed by atoms with van der Waals surface area (Å²) in [5.41, 5.74) is 1.76. The van der Waals surface area contributed by atoms with Gasteiger partial charge in [0.25, 0.3) is 0 Å². The number of carbonyl (C=O) groups excluding carboxylic acids is 1. The highest BCUT2D eigenvalue weighted by atomic mass is 32.1. The van der Waals surface area contributed by atoms with Crippen LogP contribution in [0.1, 0.15) is 17.3 Å². The van der Waals surface area contributed by atoms with E-state index in [1.54, 1.807) is 25.3 Å². The summed E-state index contributed by atoms with van der Waals surface area (Å²) in [5, 5.41) is 3.19. The first-order valence-corrected chi connectivity index (χ1v) is 5.53. The smallest absolute Gasteiger partial charge is 0.340 e. The number of aromatic nitrogens is 1. The van der Waals surface area contributed by atoms with Gasteiger partial charge in [0, 0.05) is 17.1 Å². The Morgan fingerprint density at radius 2 is 2.41 bits per heavy atom. The standard InChI is InChI=1S/C12H10N2O2S/c1-2-16-12(15)9-5-8-3-4-13-10(8)6-11(9)14-7-17/h3-6,13H,2H2,1H3. The lowest BCUT2D eigenvalue weighted by atomic mass is 10.1. The topological polar surface area (TPSA) is 54.5 Å². The maximum atomic E-state index is 11.8. The van der Waals surface area contributed by atoms with E-state index in [0.29, 0.717) is 17.9 Å². The van der Waals surface area contributed by atoms with Crippen LogP contribution in [0.5, 0.6) is 0 Å². The minimum atomic E-state index is -0.403. The average Bonchev–Trinajstić information content (AvgIpc) is 2.75. The number of ether oxygens (including phenoxy) is 1. The molecule has 1 aromatic heterocycles. The summed E-state index contributed by atoms with van der Waals surface area (Å²) in [7, 11) is 0. The van der Waals surface area contributed by atoms with Crippen molar-refractivity contribution in [1.29, 1.82) is 0 Å². The number of H-pyrrole nitrogens is 1. The van der Waals surface area contributed by atoms with E-state index >= 15 is 0 Å². The van der Waals surface area contributed by atoms with Crippen LogP contribution in [-0.2, 0) is 4.74 Å². The fourth-order valence-electron chi connectivity index (χ4n) is 1.60. The number of hydrogen-bond acceptors (Lipinski definition) is 4. The van der Waals surface area contributed by atoms with E-state index in [0.717, 1.165) is 10.9 Å². The van der Waals surface area contributed by atoms with E-state index in [4.69, 9.17) is 4.74 Å². The van der Waals surface area contributed by atoms with E-state index in [-0.39, 0.29) is 0 Å². The van der Waals surface area contributed by atoms with Gasteiger partial charge in [0.1, 0.15) is 0 Å². The highest BCUT2D eigenvalue weighted by Gasteiger charge is 2.13. The third-order valence-electron chi connectivity index (χ3n) is 2.33. The van der Waals surface area contributed by atoms with Crippen molar-refractivity contribution >= 4 is 39.9 Å². The van der Waals surface area contributed by atoms with E-state index in [2.05, 4.69) is 27.4 Å². The Hall–Kier alpha value is -1.97. The largest absolute Gasteiger partial charge is 0.462 e. The number of hydrogen-bond donors (Lipinski definition) is 1. The summed E-state index contributed by atoms with van der Waals surface area (Å²) in [6.07, 6.45) is 1.80. The molecule has 0 unspecified atom stereocenters. The molecule has 0 bridgehead atoms. The first-order chi connectivity index (χ1) is 8.26. The summed E-state index contributed by atoms with van der Waals surface area (Å²) in [6, 6.07) is 5.36. The van der Waals surface area contributed by atoms with Gasteiger partial charge in [-0.2, -0.15) is 4.99 Å². The summed E-state index contributed by atoms with van der Waals surface area (Å²) in [5.74, 6) is -0.403. The number of carbonyl (C=O) groups is 1. The SMILES string of the molecule is CCOC(=O)c1cc2cc[nH]c2cc1N=C=S. The zero-order chi connectivity index (χ0) is 12.3. The van der Waals surface area contributed by atoms with Crippen molar-refractivity contribution in [3.05, 3.63) is 30.0 Å². The summed E-state index contributed by atoms with van der Waals surface area (Å²) >= 11 is 4.57. The highest BCUT2D eigenvalue weighted by molar-refractivity contribution is 7.78. The first kappa shape index (κ1) is 11.5. The third-order valence-corrected chi connectivity index (χ3v) is 2.42. The molecule has 17 heavy (non-hydrogen) atoms. The number of isothiocyanates is 1. The predicted octanol–water partition coefficient (Wildman–Crippen LogP) is 3.08. The number of nitrogens with one attached hydrogen (secondary N) is 1. The van der Waals surface area contributed by atoms with Crippen molar-refractivity contribution in [2.24, 2.45) is 4.99 Å². The van der Waals surface area contributed by atoms with Crippen molar-refractivity contribution in [2.45, 2.75) is 6.92 Å². The van der Waals surface area contributed by atoms with Gasteiger partial charge in [-0.1, -0.05) is 0 Å². The molecule has 5 heteroatoms. The lowest BCUT2D eigenvalue weighted by Gasteiger charge is -2.04. The van der Waals surface area contributed by atoms with Crippen molar-refractivity contribution in [3.63, 3.8) is 0 Å². The van der Waals surface area contributed by atoms with Crippen LogP contribution in [0.25, 0.3) is 10.9 Å². The lowest BCUT2D eigenvalue weighted by Crippen LogP contribution is -2.04. The molecule has 0 spiro atoms. The van der Waals surface area contributed by atoms with Gasteiger partial charge in [-0.05, 0) is 37.3 Å². The molecule has 0 amide bonds. The second-order valence-corrected chi connectivity index (χ2v) is 3.54. The molecule has 2 aromatic rings. The van der Waals surface area contributed by atoms with Crippen molar-refractivity contribution in [2.75, 3.05) is 6.61 Å². The monoisotopic (exact) mass is 246 g/mol. The number of thiocarbonyl (C=S) groups is 1. The Balaban J connectivity index is 2.60. The summed E-state index contributed by atoms with van der Waals surface area (Å²) < 4.78 is 4.97. The average molecular weight is 246 g/mol. The van der Waals surface area contributed by atoms with Crippen LogP contribution in [0.4, 0.5) is 5.69 Å². The van der Waals surface area contributed by atoms with Gasteiger partial charge in [-0.3, -0.25) is 0 Å². The highest BCUT2D eigenvalue weighted by Crippen LogP contribution is 2.26. The van der Waals surface area contributed by atoms with Gasteiger partial charge >= 0.3 is 5.97 Å². The number of benzene rings is 1. The number of aromatic amines is 1. The molecular formula is C12H10N2O2S. The number of fused-ring (bicyclic) bond motifs is 1. The number of esters is 1. The molecule has 0 saturated carbocycles. The maximum Gasteiger partial charge on any atom is 0.340 e. The fraction of sp³-hybridized carbons (Fsp3) is 0.167. The van der Waals surface area contributed by atoms with Gasteiger partial charge in [-0.15, -0.1) is 0 Å². The van der Waals surface area contributed by atoms with Gasteiger partial charge < -0.3 is 9.72 Å². The van der Waals surface area contributed by atoms with Crippen LogP contribution < -0.4 is 0 Å². The van der Waals surface area contributed by atoms with Gasteiger partial charge in [0.2, 0.25) is 0 Å². The zero-order valence-corrected chi connectivity index (χ0v) is 10.0. The molecule has 1 heterocycles. The van der Waals surface area contributed by atoms with E-state index < -0.39 is 5.97 Å². The fourth-order valence-corrected chi connectivity index (χ4v) is 1.70. The molecule has 0 aliphatic rings. The second-order valence-electron chi connectivity index (χ2n) is 3.36. The van der Waals surface area contributed by atoms with E-state index in [9.17, 15) is 4.79 Å². The van der Waals surface area contributed by atoms with E-state index in [1.165, 1.54) is 0 Å². The number of aliphatic imine (C=N–C) groups is 1. The molecule has 86 valence electrons. The van der Waals surface area contributed by atoms with Gasteiger partial charge in [0.15, 0.2) is 0 Å². The Morgan fingerprint density at radius 1 is 1.59 bits per heavy atom. The second kappa shape index (κ2) is 4.91. The Morgan fingerprint density at radius 3 is 3.12 bits per heavy atom. The van der Waals surface area contributed by atoms with Crippen molar-refractivity contribution in [1.82, 2.24) is 4.98 Å². The molecule has 0 atom stereocenters. The molecule has 1 N–H and O–H groups in total. The Bertz CT molecular complexity index is 612. The van der Waals surface area contributed by atoms with Crippen LogP contribution in [0.15, 0.2) is 29.4 Å². The van der Waals surface area contributed by atoms with Crippen molar-refractivity contribution in [3.8, 4) is 0 Å². The molecule has 0 saturated heterocycles. The number of nitrogens with zero attached hydrogens (tertiary/aromatic N) is 1. The summed E-state index contributed by atoms with van der Waals surface area (Å²) in [4.78, 5) is 18.7. The molecule has 4 nitrogen and oxygen atoms in total. The van der Waals surface area contributed by atoms with Crippen LogP contribution in [-0.4, -0.2) is 22.7 Å². The summed E-state index contributed by atoms with van der Waals surface area (Å²) in [6.45, 7) is 2.08. The minimum absolute atomic E-state index is 0.324. The third kappa shape index (κ3) is 2.25. The minimum Gasteiger partial charge on any atom is -0.462 e. The van der Waals surface area contributed by atoms with Crippen LogP contribution in [0, 0.1) is 0 Å². The Kier molecular flexibility index (Phi) is 3.32. The molecular weight excluding hydrogens is 236 g/mol. The molecule has 2 rings (SSSR count). The lowest BCUT2D eigenvalue weighted by molar-refractivity contribution is 0.0527. The molecule has 0 fully saturated rings. The molecule has 0 aliphatic heterocycles. The zero-order valence-electron chi connectivity index (χ0n) is 9.19. The molecule has 1 aromatic carbocycles. The normalized spacial score (nSPS) is 9.94. The van der Waals surface area contributed by atoms with Crippen molar-refractivity contribution < 1.29 is 9.53 Å². The Labute approximate surface area is 103 Å².